The minimum atomic E-state index is -0.845. The van der Waals surface area contributed by atoms with Gasteiger partial charge in [0.05, 0.1) is 28.3 Å². The fraction of sp³-hybridized carbons (Fsp3) is 0.440. The Kier molecular flexibility index (Phi) is 17.5. The summed E-state index contributed by atoms with van der Waals surface area (Å²) < 4.78 is 71.2. The summed E-state index contributed by atoms with van der Waals surface area (Å²) >= 11 is 0. The Bertz CT molecular complexity index is 2810. The molecule has 6 atom stereocenters. The molecule has 0 radical (unpaired) electrons. The van der Waals surface area contributed by atoms with Crippen molar-refractivity contribution < 1.29 is 71.6 Å². The summed E-state index contributed by atoms with van der Waals surface area (Å²) in [5.41, 5.74) is 0.00418. The van der Waals surface area contributed by atoms with E-state index in [-0.39, 0.29) is 103 Å². The van der Waals surface area contributed by atoms with Gasteiger partial charge in [-0.3, -0.25) is 9.59 Å². The van der Waals surface area contributed by atoms with Crippen LogP contribution in [0, 0.1) is 55.5 Å². The molecule has 4 heterocycles. The van der Waals surface area contributed by atoms with Crippen LogP contribution in [0.4, 0.5) is 20.7 Å². The number of aliphatic hydroxyl groups is 1. The maximum Gasteiger partial charge on any atom is 0.434 e. The Hall–Kier alpha value is -7.50. The normalized spacial score (nSPS) is 21.5. The average molecular weight is 1020 g/mol. The fourth-order valence-corrected chi connectivity index (χ4v) is 9.37. The second-order valence-corrected chi connectivity index (χ2v) is 17.9. The fourth-order valence-electron chi connectivity index (χ4n) is 9.37. The number of fused-ring (bicyclic) bond motifs is 2. The molecule has 73 heavy (non-hydrogen) atoms. The van der Waals surface area contributed by atoms with Crippen LogP contribution in [0.1, 0.15) is 62.0 Å². The number of ketones is 2. The van der Waals surface area contributed by atoms with E-state index in [2.05, 4.69) is 23.1 Å². The van der Waals surface area contributed by atoms with Gasteiger partial charge < -0.3 is 63.6 Å². The number of phenolic OH excluding ortho intramolecular Hbond substituents is 1. The lowest BCUT2D eigenvalue weighted by atomic mass is 9.71. The minimum absolute atomic E-state index is 0.00139. The number of imidazole rings is 2. The average Bonchev–Trinajstić information content (AvgIpc) is 4.16. The number of ether oxygens (including phenoxy) is 7. The topological polar surface area (TPSA) is 261 Å². The van der Waals surface area contributed by atoms with Gasteiger partial charge in [-0.05, 0) is 83.5 Å². The Morgan fingerprint density at radius 3 is 1.66 bits per heavy atom. The van der Waals surface area contributed by atoms with Crippen LogP contribution in [0.3, 0.4) is 0 Å². The first kappa shape index (κ1) is 54.8. The molecule has 23 heteroatoms. The molecule has 21 nitrogen and oxygen atoms in total. The summed E-state index contributed by atoms with van der Waals surface area (Å²) in [6.45, 7) is 11.1. The van der Waals surface area contributed by atoms with Gasteiger partial charge in [-0.2, -0.15) is 0 Å². The zero-order valence-corrected chi connectivity index (χ0v) is 41.2. The van der Waals surface area contributed by atoms with Gasteiger partial charge in [0.15, 0.2) is 53.8 Å². The van der Waals surface area contributed by atoms with Gasteiger partial charge in [0.1, 0.15) is 65.7 Å². The maximum atomic E-state index is 15.1. The molecule has 0 amide bonds. The molecule has 0 saturated carbocycles. The standard InChI is InChI=1S/C25H28FN3O7.C20H23FO5.C5H7N3O3/c1-5-6-16-11-25(23(10-20(16)30)35-14-36-25)15(2)7-17-8-22(21(33-4)9-19(17)26)34-13-18-12-27-24(28(18)3)29(31)32;1-4-5-13-10-20(19(9-16(13)22)25-11-26-20)12(2)6-14-7-17(23)18(24-3)8-15(14)21;1-7-4(3-9)2-6-5(7)8(10)11/h5,8-10,12,15-16H,1,6-7,11,13-14H2,2-4H3;4,7-9,12-13,23H,1,5-6,10-11H2,2-3H3;2,9H,3H2,1H3/t15-,16-,25+;12-,13-,20+;/m00./s1. The molecule has 0 bridgehead atoms. The number of hydrogen-bond donors (Lipinski definition) is 2. The van der Waals surface area contributed by atoms with E-state index >= 15 is 4.39 Å². The lowest BCUT2D eigenvalue weighted by molar-refractivity contribution is -0.396. The first-order chi connectivity index (χ1) is 34.8. The van der Waals surface area contributed by atoms with Crippen molar-refractivity contribution in [2.24, 2.45) is 37.8 Å². The molecule has 0 spiro atoms. The SMILES string of the molecule is C=CC[C@H]1C[C@]2([C@@H](C)Cc3cc(O)c(OC)cc3F)OCOC2=CC1=O.C=CC[C@H]1C[C@]2([C@@H](C)Cc3cc(OCc4cnc([N+](=O)[O-])n4C)c(OC)cc3F)OCOC2=CC1=O.Cn1c(CO)cnc1[N+](=O)[O-]. The molecular weight excluding hydrogens is 963 g/mol. The number of rotatable bonds is 18. The first-order valence-electron chi connectivity index (χ1n) is 23.0. The van der Waals surface area contributed by atoms with E-state index in [1.54, 1.807) is 18.2 Å². The predicted octanol–water partition coefficient (Wildman–Crippen LogP) is 7.36. The van der Waals surface area contributed by atoms with Gasteiger partial charge in [-0.1, -0.05) is 36.0 Å². The van der Waals surface area contributed by atoms with Crippen LogP contribution in [0.2, 0.25) is 0 Å². The van der Waals surface area contributed by atoms with E-state index in [0.717, 1.165) is 0 Å². The summed E-state index contributed by atoms with van der Waals surface area (Å²) in [5.74, 6) is -1.000. The molecule has 8 rings (SSSR count). The highest BCUT2D eigenvalue weighted by atomic mass is 19.1. The Morgan fingerprint density at radius 1 is 0.781 bits per heavy atom. The monoisotopic (exact) mass is 1020 g/mol. The number of benzene rings is 2. The zero-order valence-electron chi connectivity index (χ0n) is 41.2. The number of carbonyl (C=O) groups is 2. The summed E-state index contributed by atoms with van der Waals surface area (Å²) in [4.78, 5) is 52.1. The third-order valence-corrected chi connectivity index (χ3v) is 13.6. The van der Waals surface area contributed by atoms with Crippen molar-refractivity contribution in [3.8, 4) is 23.0 Å². The predicted molar refractivity (Wildman–Crippen MR) is 255 cm³/mol. The third-order valence-electron chi connectivity index (χ3n) is 13.6. The zero-order chi connectivity index (χ0) is 53.4. The molecule has 2 saturated heterocycles. The number of carbonyl (C=O) groups excluding carboxylic acids is 2. The van der Waals surface area contributed by atoms with Crippen molar-refractivity contribution in [2.45, 2.75) is 76.8 Å². The van der Waals surface area contributed by atoms with Gasteiger partial charge in [-0.15, -0.1) is 13.2 Å². The quantitative estimate of drug-likeness (QED) is 0.0560. The van der Waals surface area contributed by atoms with E-state index in [0.29, 0.717) is 66.1 Å². The molecule has 4 aliphatic rings. The number of nitrogens with zero attached hydrogens (tertiary/aromatic N) is 6. The number of allylic oxidation sites excluding steroid dienone is 4. The van der Waals surface area contributed by atoms with Crippen molar-refractivity contribution in [1.29, 1.82) is 0 Å². The van der Waals surface area contributed by atoms with E-state index in [1.165, 1.54) is 80.2 Å². The van der Waals surface area contributed by atoms with Gasteiger partial charge in [0.2, 0.25) is 0 Å². The van der Waals surface area contributed by atoms with Gasteiger partial charge >= 0.3 is 11.9 Å². The molecule has 2 fully saturated rings. The summed E-state index contributed by atoms with van der Waals surface area (Å²) in [6, 6.07) is 5.34. The third kappa shape index (κ3) is 11.6. The van der Waals surface area contributed by atoms with Gasteiger partial charge in [0.25, 0.3) is 0 Å². The Labute approximate surface area is 418 Å². The largest absolute Gasteiger partial charge is 0.504 e. The van der Waals surface area contributed by atoms with Crippen molar-refractivity contribution in [3.05, 3.63) is 140 Å². The Balaban J connectivity index is 0.000000204. The molecule has 2 aromatic heterocycles. The van der Waals surface area contributed by atoms with Gasteiger partial charge in [0, 0.05) is 36.1 Å². The minimum Gasteiger partial charge on any atom is -0.504 e. The molecular formula is C50H58F2N6O15. The summed E-state index contributed by atoms with van der Waals surface area (Å²) in [6.07, 6.45) is 11.6. The number of aromatic nitrogens is 4. The molecule has 4 aromatic rings. The number of hydrogen-bond acceptors (Lipinski definition) is 17. The smallest absolute Gasteiger partial charge is 0.434 e. The number of phenols is 1. The highest BCUT2D eigenvalue weighted by Gasteiger charge is 2.53. The molecule has 2 aromatic carbocycles. The number of methoxy groups -OCH3 is 2. The van der Waals surface area contributed by atoms with Crippen LogP contribution in [-0.4, -0.2) is 89.7 Å². The Morgan fingerprint density at radius 2 is 1.23 bits per heavy atom. The van der Waals surface area contributed by atoms with Crippen LogP contribution in [-0.2, 0) is 68.7 Å². The first-order valence-corrected chi connectivity index (χ1v) is 23.0. The highest BCUT2D eigenvalue weighted by molar-refractivity contribution is 5.94. The van der Waals surface area contributed by atoms with Crippen LogP contribution < -0.4 is 14.2 Å². The maximum absolute atomic E-state index is 15.1. The molecule has 392 valence electrons. The lowest BCUT2D eigenvalue weighted by Gasteiger charge is -2.38. The lowest BCUT2D eigenvalue weighted by Crippen LogP contribution is -2.45. The molecule has 2 aliphatic heterocycles. The van der Waals surface area contributed by atoms with Crippen molar-refractivity contribution in [3.63, 3.8) is 0 Å². The van der Waals surface area contributed by atoms with Crippen molar-refractivity contribution in [2.75, 3.05) is 27.8 Å². The van der Waals surface area contributed by atoms with E-state index < -0.39 is 32.7 Å². The van der Waals surface area contributed by atoms with Crippen molar-refractivity contribution in [1.82, 2.24) is 19.1 Å². The van der Waals surface area contributed by atoms with Crippen LogP contribution in [0.15, 0.2) is 85.6 Å². The molecule has 2 N–H and O–H groups in total. The van der Waals surface area contributed by atoms with Crippen LogP contribution in [0.25, 0.3) is 0 Å². The number of aromatic hydroxyl groups is 1. The van der Waals surface area contributed by atoms with Gasteiger partial charge in [-0.25, -0.2) is 17.9 Å². The number of halogens is 2. The molecule has 2 aliphatic carbocycles. The summed E-state index contributed by atoms with van der Waals surface area (Å²) in [7, 11) is 5.77. The number of nitro groups is 2. The molecule has 0 unspecified atom stereocenters. The van der Waals surface area contributed by atoms with E-state index in [9.17, 15) is 39.3 Å². The van der Waals surface area contributed by atoms with Crippen LogP contribution in [0.5, 0.6) is 23.0 Å². The van der Waals surface area contributed by atoms with Crippen LogP contribution >= 0.6 is 0 Å². The highest BCUT2D eigenvalue weighted by Crippen LogP contribution is 2.48. The van der Waals surface area contributed by atoms with Crippen molar-refractivity contribution >= 4 is 23.5 Å². The summed E-state index contributed by atoms with van der Waals surface area (Å²) in [5, 5.41) is 39.8. The second-order valence-electron chi connectivity index (χ2n) is 17.9. The van der Waals surface area contributed by atoms with E-state index in [4.69, 9.17) is 38.3 Å². The number of aliphatic hydroxyl groups excluding tert-OH is 1. The second kappa shape index (κ2) is 23.4. The van der Waals surface area contributed by atoms with E-state index in [1.807, 2.05) is 13.8 Å².